The lowest BCUT2D eigenvalue weighted by Crippen LogP contribution is -2.13. The van der Waals surface area contributed by atoms with Crippen LogP contribution >= 0.6 is 0 Å². The van der Waals surface area contributed by atoms with E-state index in [4.69, 9.17) is 4.98 Å². The van der Waals surface area contributed by atoms with Gasteiger partial charge in [0.05, 0.1) is 28.2 Å². The fourth-order valence-corrected chi connectivity index (χ4v) is 3.54. The van der Waals surface area contributed by atoms with Crippen LogP contribution in [0.1, 0.15) is 32.7 Å². The molecule has 0 spiro atoms. The number of aromatic nitrogens is 3. The summed E-state index contributed by atoms with van der Waals surface area (Å²) in [6, 6.07) is 14.1. The van der Waals surface area contributed by atoms with E-state index in [1.165, 1.54) is 11.1 Å². The number of hydrogen-bond acceptors (Lipinski definition) is 3. The van der Waals surface area contributed by atoms with E-state index in [0.717, 1.165) is 33.4 Å². The highest BCUT2D eigenvalue weighted by Gasteiger charge is 2.17. The Morgan fingerprint density at radius 3 is 2.45 bits per heavy atom. The smallest absolute Gasteiger partial charge is 0.256 e. The first-order valence-electron chi connectivity index (χ1n) is 9.63. The van der Waals surface area contributed by atoms with Gasteiger partial charge >= 0.3 is 0 Å². The van der Waals surface area contributed by atoms with E-state index in [2.05, 4.69) is 42.5 Å². The number of rotatable bonds is 3. The lowest BCUT2D eigenvalue weighted by Gasteiger charge is -2.12. The van der Waals surface area contributed by atoms with Crippen LogP contribution in [0.4, 0.5) is 5.69 Å². The number of carbonyl (C=O) groups is 1. The number of para-hydroxylation sites is 1. The second-order valence-electron chi connectivity index (χ2n) is 7.58. The second-order valence-corrected chi connectivity index (χ2v) is 7.58. The van der Waals surface area contributed by atoms with E-state index >= 15 is 0 Å². The lowest BCUT2D eigenvalue weighted by atomic mass is 9.99. The van der Waals surface area contributed by atoms with Crippen molar-refractivity contribution in [2.24, 2.45) is 7.05 Å². The maximum atomic E-state index is 13.2. The molecule has 2 aromatic carbocycles. The van der Waals surface area contributed by atoms with Gasteiger partial charge in [-0.25, -0.2) is 4.98 Å². The molecule has 146 valence electrons. The number of fused-ring (bicyclic) bond motifs is 1. The normalized spacial score (nSPS) is 11.1. The molecule has 0 bridgehead atoms. The third kappa shape index (κ3) is 3.51. The van der Waals surface area contributed by atoms with Crippen LogP contribution in [0.5, 0.6) is 0 Å². The average Bonchev–Trinajstić information content (AvgIpc) is 3.00. The second kappa shape index (κ2) is 7.17. The van der Waals surface area contributed by atoms with Crippen molar-refractivity contribution in [3.05, 3.63) is 76.6 Å². The van der Waals surface area contributed by atoms with Crippen LogP contribution in [0.2, 0.25) is 0 Å². The predicted octanol–water partition coefficient (Wildman–Crippen LogP) is 5.12. The zero-order valence-electron chi connectivity index (χ0n) is 17.4. The maximum Gasteiger partial charge on any atom is 0.256 e. The molecule has 0 radical (unpaired) electrons. The van der Waals surface area contributed by atoms with Gasteiger partial charge in [0.15, 0.2) is 0 Å². The monoisotopic (exact) mass is 384 g/mol. The summed E-state index contributed by atoms with van der Waals surface area (Å²) in [7, 11) is 1.84. The molecular formula is C24H24N4O. The summed E-state index contributed by atoms with van der Waals surface area (Å²) < 4.78 is 1.69. The minimum Gasteiger partial charge on any atom is -0.319 e. The molecule has 2 heterocycles. The topological polar surface area (TPSA) is 59.8 Å². The van der Waals surface area contributed by atoms with Crippen LogP contribution < -0.4 is 5.32 Å². The van der Waals surface area contributed by atoms with Gasteiger partial charge < -0.3 is 5.32 Å². The highest BCUT2D eigenvalue weighted by Crippen LogP contribution is 2.28. The Bertz CT molecular complexity index is 1250. The van der Waals surface area contributed by atoms with E-state index in [0.29, 0.717) is 11.3 Å². The van der Waals surface area contributed by atoms with Crippen molar-refractivity contribution in [1.82, 2.24) is 14.8 Å². The van der Waals surface area contributed by atoms with Gasteiger partial charge in [-0.2, -0.15) is 5.10 Å². The number of benzene rings is 2. The molecule has 0 saturated carbocycles. The molecule has 0 aliphatic rings. The summed E-state index contributed by atoms with van der Waals surface area (Å²) in [4.78, 5) is 18.1. The third-order valence-electron chi connectivity index (χ3n) is 5.35. The summed E-state index contributed by atoms with van der Waals surface area (Å²) in [5.41, 5.74) is 8.22. The predicted molar refractivity (Wildman–Crippen MR) is 117 cm³/mol. The summed E-state index contributed by atoms with van der Waals surface area (Å²) in [6.45, 7) is 8.08. The maximum absolute atomic E-state index is 13.2. The van der Waals surface area contributed by atoms with Gasteiger partial charge in [-0.05, 0) is 56.5 Å². The Morgan fingerprint density at radius 2 is 1.76 bits per heavy atom. The molecule has 2 aromatic heterocycles. The number of anilines is 1. The first-order chi connectivity index (χ1) is 13.8. The van der Waals surface area contributed by atoms with Crippen LogP contribution in [0, 0.1) is 27.7 Å². The van der Waals surface area contributed by atoms with Crippen molar-refractivity contribution in [2.75, 3.05) is 5.32 Å². The van der Waals surface area contributed by atoms with Crippen molar-refractivity contribution < 1.29 is 4.79 Å². The highest BCUT2D eigenvalue weighted by atomic mass is 16.1. The van der Waals surface area contributed by atoms with Crippen molar-refractivity contribution >= 4 is 22.5 Å². The van der Waals surface area contributed by atoms with Crippen LogP contribution in [-0.2, 0) is 7.05 Å². The standard InChI is InChI=1S/C24H24N4O/c1-14-9-10-18(11-16(14)3)21-12-20(19-8-6-7-15(2)23(19)25-21)24(29)26-22-13-28(5)27-17(22)4/h6-13H,1-5H3,(H,26,29). The molecule has 5 nitrogen and oxygen atoms in total. The minimum atomic E-state index is -0.163. The average molecular weight is 384 g/mol. The quantitative estimate of drug-likeness (QED) is 0.533. The zero-order valence-corrected chi connectivity index (χ0v) is 17.4. The van der Waals surface area contributed by atoms with Gasteiger partial charge in [-0.1, -0.05) is 30.3 Å². The molecule has 0 aliphatic heterocycles. The van der Waals surface area contributed by atoms with Gasteiger partial charge in [0.1, 0.15) is 0 Å². The summed E-state index contributed by atoms with van der Waals surface area (Å²) in [6.07, 6.45) is 1.81. The fourth-order valence-electron chi connectivity index (χ4n) is 3.54. The molecule has 5 heteroatoms. The highest BCUT2D eigenvalue weighted by molar-refractivity contribution is 6.13. The summed E-state index contributed by atoms with van der Waals surface area (Å²) in [5.74, 6) is -0.163. The number of hydrogen-bond donors (Lipinski definition) is 1. The third-order valence-corrected chi connectivity index (χ3v) is 5.35. The van der Waals surface area contributed by atoms with E-state index in [1.54, 1.807) is 4.68 Å². The van der Waals surface area contributed by atoms with Gasteiger partial charge in [-0.3, -0.25) is 9.48 Å². The van der Waals surface area contributed by atoms with Gasteiger partial charge in [0.25, 0.3) is 5.91 Å². The van der Waals surface area contributed by atoms with Gasteiger partial charge in [-0.15, -0.1) is 0 Å². The van der Waals surface area contributed by atoms with Crippen LogP contribution in [0.15, 0.2) is 48.7 Å². The number of amides is 1. The zero-order chi connectivity index (χ0) is 20.7. The largest absolute Gasteiger partial charge is 0.319 e. The SMILES string of the molecule is Cc1ccc(-c2cc(C(=O)Nc3cn(C)nc3C)c3cccc(C)c3n2)cc1C. The molecule has 4 rings (SSSR count). The van der Waals surface area contributed by atoms with Crippen LogP contribution in [0.3, 0.4) is 0 Å². The van der Waals surface area contributed by atoms with E-state index in [-0.39, 0.29) is 5.91 Å². The van der Waals surface area contributed by atoms with E-state index in [1.807, 2.05) is 51.4 Å². The van der Waals surface area contributed by atoms with Gasteiger partial charge in [0.2, 0.25) is 0 Å². The van der Waals surface area contributed by atoms with Crippen molar-refractivity contribution in [2.45, 2.75) is 27.7 Å². The molecule has 1 amide bonds. The van der Waals surface area contributed by atoms with Crippen molar-refractivity contribution in [3.8, 4) is 11.3 Å². The molecule has 0 saturated heterocycles. The number of aryl methyl sites for hydroxylation is 5. The number of pyridine rings is 1. The number of nitrogens with one attached hydrogen (secondary N) is 1. The molecule has 0 atom stereocenters. The first-order valence-corrected chi connectivity index (χ1v) is 9.63. The van der Waals surface area contributed by atoms with Crippen LogP contribution in [-0.4, -0.2) is 20.7 Å². The molecule has 0 unspecified atom stereocenters. The molecular weight excluding hydrogens is 360 g/mol. The molecule has 0 aliphatic carbocycles. The Kier molecular flexibility index (Phi) is 4.66. The van der Waals surface area contributed by atoms with Crippen molar-refractivity contribution in [1.29, 1.82) is 0 Å². The van der Waals surface area contributed by atoms with Gasteiger partial charge in [0, 0.05) is 24.2 Å². The lowest BCUT2D eigenvalue weighted by molar-refractivity contribution is 0.102. The number of nitrogens with zero attached hydrogens (tertiary/aromatic N) is 3. The molecule has 0 fully saturated rings. The molecule has 1 N–H and O–H groups in total. The fraction of sp³-hybridized carbons (Fsp3) is 0.208. The Labute approximate surface area is 170 Å². The van der Waals surface area contributed by atoms with Crippen molar-refractivity contribution in [3.63, 3.8) is 0 Å². The molecule has 29 heavy (non-hydrogen) atoms. The molecule has 4 aromatic rings. The van der Waals surface area contributed by atoms with Crippen LogP contribution in [0.25, 0.3) is 22.2 Å². The number of carbonyl (C=O) groups excluding carboxylic acids is 1. The minimum absolute atomic E-state index is 0.163. The Balaban J connectivity index is 1.87. The summed E-state index contributed by atoms with van der Waals surface area (Å²) >= 11 is 0. The van der Waals surface area contributed by atoms with E-state index in [9.17, 15) is 4.79 Å². The Morgan fingerprint density at radius 1 is 0.966 bits per heavy atom. The summed E-state index contributed by atoms with van der Waals surface area (Å²) in [5, 5.41) is 8.16. The Hall–Kier alpha value is -3.47. The first kappa shape index (κ1) is 18.9. The van der Waals surface area contributed by atoms with E-state index < -0.39 is 0 Å².